The first kappa shape index (κ1) is 15.8. The molecule has 0 unspecified atom stereocenters. The van der Waals surface area contributed by atoms with Gasteiger partial charge in [0.25, 0.3) is 0 Å². The van der Waals surface area contributed by atoms with Gasteiger partial charge in [0.15, 0.2) is 0 Å². The van der Waals surface area contributed by atoms with E-state index in [1.165, 1.54) is 21.6 Å². The average molecular weight is 359 g/mol. The third-order valence-electron chi connectivity index (χ3n) is 6.02. The maximum Gasteiger partial charge on any atom is 0.223 e. The highest BCUT2D eigenvalue weighted by molar-refractivity contribution is 7.10. The summed E-state index contributed by atoms with van der Waals surface area (Å²) < 4.78 is 0. The molecule has 1 saturated heterocycles. The zero-order valence-electron chi connectivity index (χ0n) is 14.6. The smallest absolute Gasteiger partial charge is 0.223 e. The van der Waals surface area contributed by atoms with Crippen LogP contribution in [0.2, 0.25) is 0 Å². The molecule has 0 bridgehead atoms. The van der Waals surface area contributed by atoms with Crippen LogP contribution >= 0.6 is 11.3 Å². The Morgan fingerprint density at radius 3 is 2.62 bits per heavy atom. The van der Waals surface area contributed by atoms with Gasteiger partial charge in [0, 0.05) is 23.9 Å². The Morgan fingerprint density at radius 1 is 1.00 bits per heavy atom. The number of fused-ring (bicyclic) bond motifs is 2. The predicted octanol–water partition coefficient (Wildman–Crippen LogP) is 4.78. The molecule has 3 aromatic rings. The molecule has 0 aliphatic carbocycles. The molecule has 2 aliphatic rings. The number of carbonyl (C=O) groups is 1. The lowest BCUT2D eigenvalue weighted by Crippen LogP contribution is -2.53. The molecule has 130 valence electrons. The van der Waals surface area contributed by atoms with E-state index in [0.29, 0.717) is 12.3 Å². The van der Waals surface area contributed by atoms with E-state index >= 15 is 0 Å². The zero-order chi connectivity index (χ0) is 17.6. The fraction of sp³-hybridized carbons (Fsp3) is 0.261. The van der Waals surface area contributed by atoms with Crippen LogP contribution < -0.4 is 0 Å². The summed E-state index contributed by atoms with van der Waals surface area (Å²) in [4.78, 5) is 16.2. The summed E-state index contributed by atoms with van der Waals surface area (Å²) in [5.74, 6) is 0.304. The lowest BCUT2D eigenvalue weighted by Gasteiger charge is -2.48. The predicted molar refractivity (Wildman–Crippen MR) is 105 cm³/mol. The minimum atomic E-state index is -0.156. The van der Waals surface area contributed by atoms with E-state index in [4.69, 9.17) is 0 Å². The van der Waals surface area contributed by atoms with E-state index in [-0.39, 0.29) is 11.5 Å². The molecule has 26 heavy (non-hydrogen) atoms. The van der Waals surface area contributed by atoms with E-state index in [0.717, 1.165) is 19.4 Å². The Balaban J connectivity index is 1.77. The van der Waals surface area contributed by atoms with Gasteiger partial charge in [-0.3, -0.25) is 4.79 Å². The molecule has 1 aromatic heterocycles. The third-order valence-corrected chi connectivity index (χ3v) is 7.07. The first-order chi connectivity index (χ1) is 12.8. The van der Waals surface area contributed by atoms with Crippen molar-refractivity contribution in [3.63, 3.8) is 0 Å². The van der Waals surface area contributed by atoms with Gasteiger partial charge in [0.05, 0.1) is 5.41 Å². The standard InChI is InChI=1S/C23H21NOS/c25-22-13-12-20-23(21-11-6-14-26-21,15-17-7-2-1-3-8-17)19-10-5-4-9-18(19)16-24(20)22/h1-11,14,20H,12-13,15-16H2/t20-,23+/m0/s1. The molecule has 0 radical (unpaired) electrons. The van der Waals surface area contributed by atoms with Crippen LogP contribution in [0.1, 0.15) is 34.4 Å². The highest BCUT2D eigenvalue weighted by Crippen LogP contribution is 2.51. The van der Waals surface area contributed by atoms with Crippen molar-refractivity contribution >= 4 is 17.2 Å². The number of amides is 1. The van der Waals surface area contributed by atoms with Crippen LogP contribution in [-0.2, 0) is 23.2 Å². The Bertz CT molecular complexity index is 934. The van der Waals surface area contributed by atoms with Crippen LogP contribution in [0, 0.1) is 0 Å². The van der Waals surface area contributed by atoms with Crippen molar-refractivity contribution in [3.8, 4) is 0 Å². The molecule has 5 rings (SSSR count). The summed E-state index contributed by atoms with van der Waals surface area (Å²) >= 11 is 1.82. The molecular weight excluding hydrogens is 338 g/mol. The fourth-order valence-electron chi connectivity index (χ4n) is 4.95. The van der Waals surface area contributed by atoms with Crippen LogP contribution in [-0.4, -0.2) is 16.8 Å². The third kappa shape index (κ3) is 2.27. The Morgan fingerprint density at radius 2 is 1.81 bits per heavy atom. The number of nitrogens with zero attached hydrogens (tertiary/aromatic N) is 1. The summed E-state index contributed by atoms with van der Waals surface area (Å²) in [7, 11) is 0. The van der Waals surface area contributed by atoms with Gasteiger partial charge in [-0.25, -0.2) is 0 Å². The first-order valence-electron chi connectivity index (χ1n) is 9.25. The Labute approximate surface area is 158 Å². The lowest BCUT2D eigenvalue weighted by molar-refractivity contribution is -0.130. The normalized spacial score (nSPS) is 24.4. The number of hydrogen-bond donors (Lipinski definition) is 0. The van der Waals surface area contributed by atoms with Gasteiger partial charge in [-0.2, -0.15) is 0 Å². The van der Waals surface area contributed by atoms with Gasteiger partial charge in [0.1, 0.15) is 0 Å². The van der Waals surface area contributed by atoms with E-state index in [1.807, 2.05) is 11.3 Å². The van der Waals surface area contributed by atoms with Gasteiger partial charge < -0.3 is 4.90 Å². The molecule has 2 aliphatic heterocycles. The number of carbonyl (C=O) groups excluding carboxylic acids is 1. The second kappa shape index (κ2) is 6.10. The first-order valence-corrected chi connectivity index (χ1v) is 10.1. The maximum absolute atomic E-state index is 12.7. The second-order valence-electron chi connectivity index (χ2n) is 7.34. The zero-order valence-corrected chi connectivity index (χ0v) is 15.4. The van der Waals surface area contributed by atoms with Crippen LogP contribution in [0.25, 0.3) is 0 Å². The molecule has 1 fully saturated rings. The van der Waals surface area contributed by atoms with Crippen molar-refractivity contribution in [2.24, 2.45) is 0 Å². The molecule has 3 heterocycles. The summed E-state index contributed by atoms with van der Waals surface area (Å²) in [5, 5.41) is 2.17. The summed E-state index contributed by atoms with van der Waals surface area (Å²) in [6.07, 6.45) is 2.54. The van der Waals surface area contributed by atoms with Crippen molar-refractivity contribution in [2.75, 3.05) is 0 Å². The molecule has 2 atom stereocenters. The average Bonchev–Trinajstić information content (AvgIpc) is 3.34. The largest absolute Gasteiger partial charge is 0.334 e. The van der Waals surface area contributed by atoms with Crippen molar-refractivity contribution in [2.45, 2.75) is 37.3 Å². The summed E-state index contributed by atoms with van der Waals surface area (Å²) in [6, 6.07) is 24.1. The molecular formula is C23H21NOS. The van der Waals surface area contributed by atoms with Crippen molar-refractivity contribution in [3.05, 3.63) is 93.7 Å². The van der Waals surface area contributed by atoms with Crippen LogP contribution in [0.3, 0.4) is 0 Å². The molecule has 3 heteroatoms. The molecule has 2 aromatic carbocycles. The van der Waals surface area contributed by atoms with E-state index in [1.54, 1.807) is 0 Å². The fourth-order valence-corrected chi connectivity index (χ4v) is 5.94. The van der Waals surface area contributed by atoms with Gasteiger partial charge in [-0.15, -0.1) is 11.3 Å². The minimum absolute atomic E-state index is 0.156. The molecule has 2 nitrogen and oxygen atoms in total. The maximum atomic E-state index is 12.7. The number of thiophene rings is 1. The van der Waals surface area contributed by atoms with E-state index in [2.05, 4.69) is 77.0 Å². The van der Waals surface area contributed by atoms with Crippen molar-refractivity contribution in [1.82, 2.24) is 4.90 Å². The Kier molecular flexibility index (Phi) is 3.71. The highest BCUT2D eigenvalue weighted by Gasteiger charge is 2.53. The van der Waals surface area contributed by atoms with Gasteiger partial charge in [-0.1, -0.05) is 60.7 Å². The molecule has 0 spiro atoms. The van der Waals surface area contributed by atoms with Crippen LogP contribution in [0.15, 0.2) is 72.1 Å². The monoisotopic (exact) mass is 359 g/mol. The van der Waals surface area contributed by atoms with Gasteiger partial charge in [0.2, 0.25) is 5.91 Å². The van der Waals surface area contributed by atoms with Gasteiger partial charge >= 0.3 is 0 Å². The SMILES string of the molecule is O=C1CC[C@@H]2N1Cc1ccccc1[C@@]2(Cc1ccccc1)c1cccs1. The van der Waals surface area contributed by atoms with Crippen molar-refractivity contribution in [1.29, 1.82) is 0 Å². The minimum Gasteiger partial charge on any atom is -0.334 e. The molecule has 0 saturated carbocycles. The lowest BCUT2D eigenvalue weighted by atomic mass is 9.65. The molecule has 1 amide bonds. The van der Waals surface area contributed by atoms with Crippen molar-refractivity contribution < 1.29 is 4.79 Å². The second-order valence-corrected chi connectivity index (χ2v) is 8.29. The van der Waals surface area contributed by atoms with E-state index in [9.17, 15) is 4.79 Å². The molecule has 0 N–H and O–H groups in total. The highest BCUT2D eigenvalue weighted by atomic mass is 32.1. The van der Waals surface area contributed by atoms with Crippen LogP contribution in [0.4, 0.5) is 0 Å². The summed E-state index contributed by atoms with van der Waals surface area (Å²) in [5.41, 5.74) is 3.87. The number of rotatable bonds is 3. The number of hydrogen-bond acceptors (Lipinski definition) is 2. The van der Waals surface area contributed by atoms with E-state index < -0.39 is 0 Å². The topological polar surface area (TPSA) is 20.3 Å². The summed E-state index contributed by atoms with van der Waals surface area (Å²) in [6.45, 7) is 0.752. The van der Waals surface area contributed by atoms with Crippen LogP contribution in [0.5, 0.6) is 0 Å². The quantitative estimate of drug-likeness (QED) is 0.659. The Hall–Kier alpha value is -2.39. The van der Waals surface area contributed by atoms with Gasteiger partial charge in [-0.05, 0) is 41.0 Å². The number of benzene rings is 2.